The molecule has 0 bridgehead atoms. The number of rotatable bonds is 5. The number of benzene rings is 2. The van der Waals surface area contributed by atoms with Gasteiger partial charge >= 0.3 is 0 Å². The number of aromatic amines is 1. The second kappa shape index (κ2) is 7.11. The van der Waals surface area contributed by atoms with E-state index in [9.17, 15) is 4.79 Å². The lowest BCUT2D eigenvalue weighted by atomic mass is 10.1. The summed E-state index contributed by atoms with van der Waals surface area (Å²) in [7, 11) is 0. The molecule has 0 unspecified atom stereocenters. The average molecular weight is 358 g/mol. The maximum absolute atomic E-state index is 11.8. The molecule has 5 nitrogen and oxygen atoms in total. The first-order valence-corrected chi connectivity index (χ1v) is 9.23. The summed E-state index contributed by atoms with van der Waals surface area (Å²) in [5.41, 5.74) is 6.24. The maximum Gasteiger partial charge on any atom is 0.224 e. The summed E-state index contributed by atoms with van der Waals surface area (Å²) in [6.45, 7) is 3.99. The number of nitrogens with one attached hydrogen (secondary N) is 2. The van der Waals surface area contributed by atoms with Crippen LogP contribution in [-0.4, -0.2) is 20.7 Å². The van der Waals surface area contributed by atoms with Gasteiger partial charge in [-0.3, -0.25) is 4.79 Å². The number of hydrogen-bond acceptors (Lipinski definition) is 2. The van der Waals surface area contributed by atoms with Crippen molar-refractivity contribution >= 4 is 22.5 Å². The molecule has 0 fully saturated rings. The Hall–Kier alpha value is -3.34. The Bertz CT molecular complexity index is 1110. The summed E-state index contributed by atoms with van der Waals surface area (Å²) in [5.74, 6) is 0.00456. The number of aromatic nitrogens is 3. The number of fused-ring (bicyclic) bond motifs is 1. The van der Waals surface area contributed by atoms with Gasteiger partial charge in [-0.05, 0) is 41.8 Å². The largest absolute Gasteiger partial charge is 0.359 e. The van der Waals surface area contributed by atoms with Gasteiger partial charge in [-0.2, -0.15) is 5.10 Å². The van der Waals surface area contributed by atoms with Crippen LogP contribution in [0.25, 0.3) is 27.7 Å². The van der Waals surface area contributed by atoms with Crippen LogP contribution >= 0.6 is 0 Å². The van der Waals surface area contributed by atoms with Crippen LogP contribution in [0.2, 0.25) is 0 Å². The minimum atomic E-state index is 0.00456. The van der Waals surface area contributed by atoms with Crippen LogP contribution in [0, 0.1) is 0 Å². The average Bonchev–Trinajstić information content (AvgIpc) is 3.35. The monoisotopic (exact) mass is 358 g/mol. The van der Waals surface area contributed by atoms with E-state index in [0.717, 1.165) is 39.8 Å². The first kappa shape index (κ1) is 17.1. The van der Waals surface area contributed by atoms with Gasteiger partial charge in [-0.15, -0.1) is 0 Å². The van der Waals surface area contributed by atoms with Crippen molar-refractivity contribution in [3.8, 4) is 16.8 Å². The molecule has 2 aromatic carbocycles. The Labute approximate surface area is 158 Å². The first-order valence-electron chi connectivity index (χ1n) is 9.23. The molecule has 0 radical (unpaired) electrons. The van der Waals surface area contributed by atoms with Gasteiger partial charge in [-0.25, -0.2) is 4.68 Å². The Morgan fingerprint density at radius 1 is 1.15 bits per heavy atom. The fourth-order valence-electron chi connectivity index (χ4n) is 3.17. The number of carbonyl (C=O) groups is 1. The number of amides is 1. The number of anilines is 1. The van der Waals surface area contributed by atoms with Crippen LogP contribution in [0.1, 0.15) is 25.8 Å². The molecule has 0 saturated carbocycles. The van der Waals surface area contributed by atoms with Crippen LogP contribution in [-0.2, 0) is 11.2 Å². The smallest absolute Gasteiger partial charge is 0.224 e. The van der Waals surface area contributed by atoms with Gasteiger partial charge in [0.2, 0.25) is 5.91 Å². The molecule has 0 saturated heterocycles. The van der Waals surface area contributed by atoms with Crippen LogP contribution in [0.15, 0.2) is 61.1 Å². The Morgan fingerprint density at radius 3 is 2.85 bits per heavy atom. The summed E-state index contributed by atoms with van der Waals surface area (Å²) in [6, 6.07) is 14.6. The highest BCUT2D eigenvalue weighted by Crippen LogP contribution is 2.29. The number of carbonyl (C=O) groups excluding carboxylic acids is 1. The zero-order valence-corrected chi connectivity index (χ0v) is 15.5. The minimum absolute atomic E-state index is 0.00456. The van der Waals surface area contributed by atoms with Crippen LogP contribution < -0.4 is 5.32 Å². The van der Waals surface area contributed by atoms with Gasteiger partial charge in [0.25, 0.3) is 0 Å². The van der Waals surface area contributed by atoms with Crippen molar-refractivity contribution < 1.29 is 4.79 Å². The zero-order valence-electron chi connectivity index (χ0n) is 15.5. The third-order valence-electron chi connectivity index (χ3n) is 4.78. The Kier molecular flexibility index (Phi) is 4.50. The Balaban J connectivity index is 1.69. The number of hydrogen-bond donors (Lipinski definition) is 2. The quantitative estimate of drug-likeness (QED) is 0.531. The molecule has 136 valence electrons. The van der Waals surface area contributed by atoms with E-state index in [1.807, 2.05) is 36.3 Å². The molecule has 5 heteroatoms. The first-order chi connectivity index (χ1) is 13.2. The molecular formula is C22H22N4O. The molecule has 27 heavy (non-hydrogen) atoms. The normalized spacial score (nSPS) is 11.0. The third-order valence-corrected chi connectivity index (χ3v) is 4.78. The topological polar surface area (TPSA) is 62.7 Å². The summed E-state index contributed by atoms with van der Waals surface area (Å²) in [5, 5.41) is 8.47. The van der Waals surface area contributed by atoms with Crippen molar-refractivity contribution in [2.24, 2.45) is 0 Å². The van der Waals surface area contributed by atoms with Crippen LogP contribution in [0.3, 0.4) is 0 Å². The van der Waals surface area contributed by atoms with E-state index in [1.165, 1.54) is 5.56 Å². The summed E-state index contributed by atoms with van der Waals surface area (Å²) in [4.78, 5) is 15.0. The van der Waals surface area contributed by atoms with Crippen LogP contribution in [0.4, 0.5) is 5.69 Å². The van der Waals surface area contributed by atoms with E-state index in [1.54, 1.807) is 0 Å². The highest BCUT2D eigenvalue weighted by molar-refractivity contribution is 6.02. The van der Waals surface area contributed by atoms with Crippen molar-refractivity contribution in [3.05, 3.63) is 66.6 Å². The molecule has 2 N–H and O–H groups in total. The SMILES string of the molecule is CCC(=O)Nc1c[nH]c2ccc(-c3cnn(-c4cccc(CC)c4)c3)cc12. The molecule has 2 aromatic heterocycles. The fourth-order valence-corrected chi connectivity index (χ4v) is 3.17. The fraction of sp³-hybridized carbons (Fsp3) is 0.182. The highest BCUT2D eigenvalue weighted by Gasteiger charge is 2.10. The van der Waals surface area contributed by atoms with Crippen molar-refractivity contribution in [1.82, 2.24) is 14.8 Å². The van der Waals surface area contributed by atoms with E-state index in [-0.39, 0.29) is 5.91 Å². The van der Waals surface area contributed by atoms with Gasteiger partial charge < -0.3 is 10.3 Å². The summed E-state index contributed by atoms with van der Waals surface area (Å²) < 4.78 is 1.90. The van der Waals surface area contributed by atoms with E-state index >= 15 is 0 Å². The van der Waals surface area contributed by atoms with Gasteiger partial charge in [0, 0.05) is 35.3 Å². The molecule has 4 aromatic rings. The molecular weight excluding hydrogens is 336 g/mol. The molecule has 2 heterocycles. The van der Waals surface area contributed by atoms with E-state index in [2.05, 4.69) is 58.7 Å². The van der Waals surface area contributed by atoms with Gasteiger partial charge in [0.05, 0.1) is 17.6 Å². The van der Waals surface area contributed by atoms with E-state index in [4.69, 9.17) is 0 Å². The molecule has 0 aliphatic carbocycles. The van der Waals surface area contributed by atoms with Gasteiger partial charge in [0.1, 0.15) is 0 Å². The molecule has 0 spiro atoms. The van der Waals surface area contributed by atoms with Gasteiger partial charge in [0.15, 0.2) is 0 Å². The van der Waals surface area contributed by atoms with E-state index in [0.29, 0.717) is 6.42 Å². The lowest BCUT2D eigenvalue weighted by Gasteiger charge is -2.04. The molecule has 0 atom stereocenters. The maximum atomic E-state index is 11.8. The molecule has 0 aliphatic heterocycles. The second-order valence-electron chi connectivity index (χ2n) is 6.56. The second-order valence-corrected chi connectivity index (χ2v) is 6.56. The lowest BCUT2D eigenvalue weighted by Crippen LogP contribution is -2.08. The third kappa shape index (κ3) is 3.36. The van der Waals surface area contributed by atoms with Crippen molar-refractivity contribution in [1.29, 1.82) is 0 Å². The number of nitrogens with zero attached hydrogens (tertiary/aromatic N) is 2. The summed E-state index contributed by atoms with van der Waals surface area (Å²) >= 11 is 0. The minimum Gasteiger partial charge on any atom is -0.359 e. The molecule has 0 aliphatic rings. The standard InChI is InChI=1S/C22H22N4O/c1-3-15-6-5-7-18(10-15)26-14-17(12-24-26)16-8-9-20-19(11-16)21(13-23-20)25-22(27)4-2/h5-14,23H,3-4H2,1-2H3,(H,25,27). The van der Waals surface area contributed by atoms with Crippen molar-refractivity contribution in [2.45, 2.75) is 26.7 Å². The zero-order chi connectivity index (χ0) is 18.8. The predicted octanol–water partition coefficient (Wildman–Crippen LogP) is 4.93. The number of H-pyrrole nitrogens is 1. The highest BCUT2D eigenvalue weighted by atomic mass is 16.1. The van der Waals surface area contributed by atoms with Crippen LogP contribution in [0.5, 0.6) is 0 Å². The van der Waals surface area contributed by atoms with Crippen molar-refractivity contribution in [2.75, 3.05) is 5.32 Å². The van der Waals surface area contributed by atoms with Gasteiger partial charge in [-0.1, -0.05) is 32.0 Å². The Morgan fingerprint density at radius 2 is 2.04 bits per heavy atom. The molecule has 1 amide bonds. The summed E-state index contributed by atoms with van der Waals surface area (Å²) in [6.07, 6.45) is 7.19. The molecule has 4 rings (SSSR count). The van der Waals surface area contributed by atoms with Crippen molar-refractivity contribution in [3.63, 3.8) is 0 Å². The number of aryl methyl sites for hydroxylation is 1. The van der Waals surface area contributed by atoms with E-state index < -0.39 is 0 Å². The lowest BCUT2D eigenvalue weighted by molar-refractivity contribution is -0.115. The predicted molar refractivity (Wildman–Crippen MR) is 109 cm³/mol.